The Morgan fingerprint density at radius 2 is 2.33 bits per heavy atom. The number of thiophene rings is 1. The highest BCUT2D eigenvalue weighted by atomic mass is 32.1. The van der Waals surface area contributed by atoms with Crippen LogP contribution in [0.15, 0.2) is 23.3 Å². The number of hydrogen-bond donors (Lipinski definition) is 1. The third-order valence-electron chi connectivity index (χ3n) is 5.02. The summed E-state index contributed by atoms with van der Waals surface area (Å²) in [7, 11) is 0. The Labute approximate surface area is 129 Å². The summed E-state index contributed by atoms with van der Waals surface area (Å²) in [6.07, 6.45) is 10.1. The molecule has 1 fully saturated rings. The molecule has 0 radical (unpaired) electrons. The molecule has 1 saturated carbocycles. The smallest absolute Gasteiger partial charge is 0.266 e. The number of nitrogens with one attached hydrogen (secondary N) is 1. The van der Waals surface area contributed by atoms with E-state index in [9.17, 15) is 4.79 Å². The normalized spacial score (nSPS) is 31.7. The molecular weight excluding hydrogens is 280 g/mol. The fraction of sp³-hybridized carbons (Fsp3) is 0.529. The summed E-state index contributed by atoms with van der Waals surface area (Å²) in [4.78, 5) is 14.5. The average molecular weight is 300 g/mol. The molecule has 0 aliphatic heterocycles. The van der Waals surface area contributed by atoms with E-state index >= 15 is 0 Å². The number of aryl methyl sites for hydroxylation is 1. The molecule has 0 saturated heterocycles. The highest BCUT2D eigenvalue weighted by Gasteiger charge is 2.38. The van der Waals surface area contributed by atoms with Crippen molar-refractivity contribution in [2.24, 2.45) is 22.9 Å². The van der Waals surface area contributed by atoms with Crippen LogP contribution >= 0.6 is 11.3 Å². The molecule has 0 aromatic carbocycles. The van der Waals surface area contributed by atoms with Crippen molar-refractivity contribution in [2.45, 2.75) is 39.0 Å². The second-order valence-electron chi connectivity index (χ2n) is 6.59. The van der Waals surface area contributed by atoms with E-state index in [4.69, 9.17) is 0 Å². The molecule has 3 aliphatic rings. The van der Waals surface area contributed by atoms with Crippen LogP contribution in [0, 0.1) is 17.8 Å². The molecule has 1 heterocycles. The van der Waals surface area contributed by atoms with Crippen molar-refractivity contribution >= 4 is 23.0 Å². The Morgan fingerprint density at radius 3 is 3.19 bits per heavy atom. The maximum Gasteiger partial charge on any atom is 0.281 e. The first kappa shape index (κ1) is 13.3. The SMILES string of the molecule is CC1CCc2sc(C(=O)N/N=C3\CC4C=CCC34)cc2C1. The van der Waals surface area contributed by atoms with Crippen molar-refractivity contribution in [1.82, 2.24) is 5.43 Å². The molecule has 0 bridgehead atoms. The first-order valence-electron chi connectivity index (χ1n) is 7.85. The molecule has 1 aromatic heterocycles. The van der Waals surface area contributed by atoms with Gasteiger partial charge >= 0.3 is 0 Å². The summed E-state index contributed by atoms with van der Waals surface area (Å²) in [5.74, 6) is 1.94. The van der Waals surface area contributed by atoms with Crippen LogP contribution in [0.1, 0.15) is 46.3 Å². The highest BCUT2D eigenvalue weighted by molar-refractivity contribution is 7.14. The van der Waals surface area contributed by atoms with Crippen LogP contribution in [0.4, 0.5) is 0 Å². The molecule has 3 aliphatic carbocycles. The number of rotatable bonds is 2. The van der Waals surface area contributed by atoms with Crippen LogP contribution in [-0.4, -0.2) is 11.6 Å². The molecule has 1 aromatic rings. The van der Waals surface area contributed by atoms with Gasteiger partial charge in [-0.15, -0.1) is 11.3 Å². The van der Waals surface area contributed by atoms with Gasteiger partial charge in [0.05, 0.1) is 4.88 Å². The van der Waals surface area contributed by atoms with Crippen LogP contribution in [0.2, 0.25) is 0 Å². The molecule has 21 heavy (non-hydrogen) atoms. The molecule has 4 heteroatoms. The fourth-order valence-electron chi connectivity index (χ4n) is 3.66. The highest BCUT2D eigenvalue weighted by Crippen LogP contribution is 2.40. The lowest BCUT2D eigenvalue weighted by atomic mass is 9.74. The van der Waals surface area contributed by atoms with Crippen LogP contribution < -0.4 is 5.43 Å². The number of amides is 1. The van der Waals surface area contributed by atoms with Crippen molar-refractivity contribution in [3.8, 4) is 0 Å². The van der Waals surface area contributed by atoms with Gasteiger partial charge < -0.3 is 0 Å². The van der Waals surface area contributed by atoms with E-state index in [0.717, 1.165) is 42.2 Å². The van der Waals surface area contributed by atoms with Gasteiger partial charge in [-0.2, -0.15) is 5.10 Å². The molecule has 4 rings (SSSR count). The molecular formula is C17H20N2OS. The zero-order chi connectivity index (χ0) is 14.4. The van der Waals surface area contributed by atoms with Crippen LogP contribution in [0.3, 0.4) is 0 Å². The minimum absolute atomic E-state index is 0.0380. The maximum atomic E-state index is 12.3. The zero-order valence-corrected chi connectivity index (χ0v) is 13.1. The third-order valence-corrected chi connectivity index (χ3v) is 6.25. The number of allylic oxidation sites excluding steroid dienone is 2. The molecule has 1 N–H and O–H groups in total. The van der Waals surface area contributed by atoms with E-state index < -0.39 is 0 Å². The lowest BCUT2D eigenvalue weighted by Crippen LogP contribution is -2.35. The van der Waals surface area contributed by atoms with E-state index in [1.807, 2.05) is 0 Å². The Morgan fingerprint density at radius 1 is 1.43 bits per heavy atom. The van der Waals surface area contributed by atoms with Gasteiger partial charge in [0.1, 0.15) is 0 Å². The topological polar surface area (TPSA) is 41.5 Å². The lowest BCUT2D eigenvalue weighted by molar-refractivity contribution is 0.0958. The van der Waals surface area contributed by atoms with Gasteiger partial charge in [0, 0.05) is 16.5 Å². The lowest BCUT2D eigenvalue weighted by Gasteiger charge is -2.31. The van der Waals surface area contributed by atoms with E-state index in [1.165, 1.54) is 16.9 Å². The zero-order valence-electron chi connectivity index (χ0n) is 12.3. The Bertz CT molecular complexity index is 643. The Kier molecular flexibility index (Phi) is 3.21. The van der Waals surface area contributed by atoms with Gasteiger partial charge in [-0.05, 0) is 55.6 Å². The number of fused-ring (bicyclic) bond motifs is 2. The van der Waals surface area contributed by atoms with Gasteiger partial charge in [0.15, 0.2) is 0 Å². The second-order valence-corrected chi connectivity index (χ2v) is 7.73. The summed E-state index contributed by atoms with van der Waals surface area (Å²) >= 11 is 1.65. The van der Waals surface area contributed by atoms with Crippen LogP contribution in [0.25, 0.3) is 0 Å². The van der Waals surface area contributed by atoms with E-state index in [2.05, 4.69) is 35.7 Å². The van der Waals surface area contributed by atoms with Crippen molar-refractivity contribution in [1.29, 1.82) is 0 Å². The molecule has 3 nitrogen and oxygen atoms in total. The second kappa shape index (κ2) is 5.09. The van der Waals surface area contributed by atoms with E-state index in [1.54, 1.807) is 11.3 Å². The maximum absolute atomic E-state index is 12.3. The minimum Gasteiger partial charge on any atom is -0.266 e. The first-order valence-corrected chi connectivity index (χ1v) is 8.67. The number of hydrogen-bond acceptors (Lipinski definition) is 3. The third kappa shape index (κ3) is 2.35. The summed E-state index contributed by atoms with van der Waals surface area (Å²) in [6.45, 7) is 2.29. The molecule has 1 amide bonds. The van der Waals surface area contributed by atoms with Crippen molar-refractivity contribution in [3.63, 3.8) is 0 Å². The van der Waals surface area contributed by atoms with Crippen molar-refractivity contribution in [3.05, 3.63) is 33.5 Å². The summed E-state index contributed by atoms with van der Waals surface area (Å²) in [5.41, 5.74) is 5.30. The molecule has 0 spiro atoms. The van der Waals surface area contributed by atoms with Crippen LogP contribution in [0.5, 0.6) is 0 Å². The predicted octanol–water partition coefficient (Wildman–Crippen LogP) is 3.55. The average Bonchev–Trinajstić information content (AvgIpc) is 3.02. The number of carbonyl (C=O) groups is 1. The predicted molar refractivity (Wildman–Crippen MR) is 85.8 cm³/mol. The van der Waals surface area contributed by atoms with Gasteiger partial charge in [-0.1, -0.05) is 19.1 Å². The molecule has 3 atom stereocenters. The number of hydrazone groups is 1. The summed E-state index contributed by atoms with van der Waals surface area (Å²) in [5, 5.41) is 4.35. The quantitative estimate of drug-likeness (QED) is 0.658. The first-order chi connectivity index (χ1) is 10.2. The minimum atomic E-state index is -0.0380. The Balaban J connectivity index is 1.43. The van der Waals surface area contributed by atoms with Gasteiger partial charge in [0.2, 0.25) is 0 Å². The number of nitrogens with zero attached hydrogens (tertiary/aromatic N) is 1. The fourth-order valence-corrected chi connectivity index (χ4v) is 4.76. The van der Waals surface area contributed by atoms with E-state index in [0.29, 0.717) is 11.8 Å². The van der Waals surface area contributed by atoms with Crippen LogP contribution in [-0.2, 0) is 12.8 Å². The molecule has 3 unspecified atom stereocenters. The van der Waals surface area contributed by atoms with Gasteiger partial charge in [0.25, 0.3) is 5.91 Å². The van der Waals surface area contributed by atoms with Crippen molar-refractivity contribution in [2.75, 3.05) is 0 Å². The van der Waals surface area contributed by atoms with Crippen molar-refractivity contribution < 1.29 is 4.79 Å². The summed E-state index contributed by atoms with van der Waals surface area (Å²) in [6, 6.07) is 2.08. The monoisotopic (exact) mass is 300 g/mol. The molecule has 110 valence electrons. The Hall–Kier alpha value is -1.42. The van der Waals surface area contributed by atoms with E-state index in [-0.39, 0.29) is 5.91 Å². The summed E-state index contributed by atoms with van der Waals surface area (Å²) < 4.78 is 0. The van der Waals surface area contributed by atoms with Gasteiger partial charge in [-0.3, -0.25) is 4.79 Å². The standard InChI is InChI=1S/C17H20N2OS/c1-10-5-6-15-12(7-10)9-16(21-15)17(20)19-18-14-8-11-3-2-4-13(11)14/h2-3,9-11,13H,4-8H2,1H3,(H,19,20)/b18-14+. The van der Waals surface area contributed by atoms with Gasteiger partial charge in [-0.25, -0.2) is 5.43 Å². The number of carbonyl (C=O) groups excluding carboxylic acids is 1. The largest absolute Gasteiger partial charge is 0.281 e.